The highest BCUT2D eigenvalue weighted by Crippen LogP contribution is 2.21. The van der Waals surface area contributed by atoms with Crippen LogP contribution in [0.3, 0.4) is 0 Å². The van der Waals surface area contributed by atoms with E-state index in [-0.39, 0.29) is 12.5 Å². The Labute approximate surface area is 126 Å². The number of carbonyl (C=O) groups is 1. The number of methoxy groups -OCH3 is 1. The van der Waals surface area contributed by atoms with Gasteiger partial charge in [-0.1, -0.05) is 17.7 Å². The van der Waals surface area contributed by atoms with Crippen LogP contribution < -0.4 is 4.74 Å². The predicted octanol–water partition coefficient (Wildman–Crippen LogP) is 0.683. The quantitative estimate of drug-likeness (QED) is 0.867. The number of rotatable bonds is 5. The molecule has 1 amide bonds. The Morgan fingerprint density at radius 2 is 2.00 bits per heavy atom. The van der Waals surface area contributed by atoms with Crippen molar-refractivity contribution in [3.05, 3.63) is 29.3 Å². The van der Waals surface area contributed by atoms with E-state index in [2.05, 4.69) is 4.90 Å². The molecule has 0 unspecified atom stereocenters. The van der Waals surface area contributed by atoms with E-state index in [1.807, 2.05) is 30.0 Å². The number of aliphatic hydroxyl groups excluding tert-OH is 1. The number of hydrogen-bond donors (Lipinski definition) is 1. The van der Waals surface area contributed by atoms with Crippen LogP contribution in [0.2, 0.25) is 0 Å². The first-order chi connectivity index (χ1) is 10.1. The Hall–Kier alpha value is -1.59. The lowest BCUT2D eigenvalue weighted by molar-refractivity contribution is -0.132. The number of benzene rings is 1. The van der Waals surface area contributed by atoms with Crippen molar-refractivity contribution in [3.63, 3.8) is 0 Å². The van der Waals surface area contributed by atoms with Gasteiger partial charge in [-0.15, -0.1) is 0 Å². The number of carbonyl (C=O) groups excluding carboxylic acids is 1. The third kappa shape index (κ3) is 4.19. The van der Waals surface area contributed by atoms with Crippen LogP contribution in [0.4, 0.5) is 0 Å². The molecule has 1 heterocycles. The number of aryl methyl sites for hydroxylation is 1. The first kappa shape index (κ1) is 15.8. The Morgan fingerprint density at radius 1 is 1.29 bits per heavy atom. The molecule has 0 aromatic heterocycles. The second-order valence-electron chi connectivity index (χ2n) is 5.44. The fourth-order valence-corrected chi connectivity index (χ4v) is 2.68. The summed E-state index contributed by atoms with van der Waals surface area (Å²) in [5, 5.41) is 8.94. The van der Waals surface area contributed by atoms with Gasteiger partial charge in [0, 0.05) is 38.3 Å². The van der Waals surface area contributed by atoms with Crippen molar-refractivity contribution >= 4 is 5.91 Å². The van der Waals surface area contributed by atoms with Crippen molar-refractivity contribution in [2.75, 3.05) is 46.4 Å². The van der Waals surface area contributed by atoms with Gasteiger partial charge in [0.25, 0.3) is 0 Å². The average Bonchev–Trinajstić information content (AvgIpc) is 2.48. The third-order valence-corrected chi connectivity index (χ3v) is 3.92. The fourth-order valence-electron chi connectivity index (χ4n) is 2.68. The topological polar surface area (TPSA) is 53.0 Å². The molecule has 1 N–H and O–H groups in total. The Balaban J connectivity index is 1.95. The normalized spacial score (nSPS) is 16.0. The lowest BCUT2D eigenvalue weighted by Gasteiger charge is -2.34. The van der Waals surface area contributed by atoms with Gasteiger partial charge in [-0.05, 0) is 13.0 Å². The summed E-state index contributed by atoms with van der Waals surface area (Å²) in [6, 6.07) is 5.91. The van der Waals surface area contributed by atoms with E-state index in [9.17, 15) is 4.79 Å². The summed E-state index contributed by atoms with van der Waals surface area (Å²) >= 11 is 0. The van der Waals surface area contributed by atoms with E-state index in [1.54, 1.807) is 7.11 Å². The molecular weight excluding hydrogens is 268 g/mol. The number of ether oxygens (including phenoxy) is 1. The van der Waals surface area contributed by atoms with Crippen LogP contribution in [0.5, 0.6) is 5.75 Å². The minimum Gasteiger partial charge on any atom is -0.496 e. The molecule has 0 spiro atoms. The zero-order chi connectivity index (χ0) is 15.2. The zero-order valence-corrected chi connectivity index (χ0v) is 12.8. The van der Waals surface area contributed by atoms with Crippen molar-refractivity contribution in [2.45, 2.75) is 13.3 Å². The van der Waals surface area contributed by atoms with E-state index >= 15 is 0 Å². The van der Waals surface area contributed by atoms with Crippen molar-refractivity contribution in [3.8, 4) is 5.75 Å². The standard InChI is InChI=1S/C16H24N2O3/c1-13-3-4-15(21-2)14(11-13)12-16(20)18-7-5-17(6-8-18)9-10-19/h3-4,11,19H,5-10,12H2,1-2H3. The van der Waals surface area contributed by atoms with E-state index in [4.69, 9.17) is 9.84 Å². The predicted molar refractivity (Wildman–Crippen MR) is 81.5 cm³/mol. The van der Waals surface area contributed by atoms with Gasteiger partial charge < -0.3 is 14.7 Å². The Kier molecular flexibility index (Phi) is 5.59. The summed E-state index contributed by atoms with van der Waals surface area (Å²) in [6.45, 7) is 6.00. The first-order valence-corrected chi connectivity index (χ1v) is 7.38. The Morgan fingerprint density at radius 3 is 2.62 bits per heavy atom. The molecule has 116 valence electrons. The van der Waals surface area contributed by atoms with Crippen LogP contribution in [0, 0.1) is 6.92 Å². The summed E-state index contributed by atoms with van der Waals surface area (Å²) < 4.78 is 5.33. The van der Waals surface area contributed by atoms with E-state index in [0.717, 1.165) is 43.1 Å². The highest BCUT2D eigenvalue weighted by Gasteiger charge is 2.21. The highest BCUT2D eigenvalue weighted by atomic mass is 16.5. The lowest BCUT2D eigenvalue weighted by atomic mass is 10.1. The SMILES string of the molecule is COc1ccc(C)cc1CC(=O)N1CCN(CCO)CC1. The minimum atomic E-state index is 0.141. The summed E-state index contributed by atoms with van der Waals surface area (Å²) in [5.41, 5.74) is 2.08. The van der Waals surface area contributed by atoms with Crippen molar-refractivity contribution in [1.82, 2.24) is 9.80 Å². The van der Waals surface area contributed by atoms with Crippen LogP contribution >= 0.6 is 0 Å². The molecule has 1 aromatic rings. The summed E-state index contributed by atoms with van der Waals surface area (Å²) in [7, 11) is 1.63. The van der Waals surface area contributed by atoms with Gasteiger partial charge in [0.1, 0.15) is 5.75 Å². The maximum absolute atomic E-state index is 12.4. The van der Waals surface area contributed by atoms with Crippen LogP contribution in [-0.4, -0.2) is 67.3 Å². The number of hydrogen-bond acceptors (Lipinski definition) is 4. The van der Waals surface area contributed by atoms with Crippen molar-refractivity contribution < 1.29 is 14.6 Å². The molecule has 1 aromatic carbocycles. The molecule has 1 fully saturated rings. The molecule has 5 heteroatoms. The second-order valence-corrected chi connectivity index (χ2v) is 5.44. The minimum absolute atomic E-state index is 0.141. The maximum atomic E-state index is 12.4. The number of nitrogens with zero attached hydrogens (tertiary/aromatic N) is 2. The molecule has 0 atom stereocenters. The monoisotopic (exact) mass is 292 g/mol. The molecule has 1 aliphatic heterocycles. The molecule has 0 radical (unpaired) electrons. The number of piperazine rings is 1. The summed E-state index contributed by atoms with van der Waals surface area (Å²) in [6.07, 6.45) is 0.380. The molecule has 2 rings (SSSR count). The van der Waals surface area contributed by atoms with E-state index < -0.39 is 0 Å². The van der Waals surface area contributed by atoms with Gasteiger partial charge in [0.15, 0.2) is 0 Å². The maximum Gasteiger partial charge on any atom is 0.227 e. The van der Waals surface area contributed by atoms with Gasteiger partial charge in [0.05, 0.1) is 20.1 Å². The van der Waals surface area contributed by atoms with Gasteiger partial charge >= 0.3 is 0 Å². The fraction of sp³-hybridized carbons (Fsp3) is 0.562. The largest absolute Gasteiger partial charge is 0.496 e. The zero-order valence-electron chi connectivity index (χ0n) is 12.8. The molecule has 0 aliphatic carbocycles. The van der Waals surface area contributed by atoms with Gasteiger partial charge in [-0.3, -0.25) is 9.69 Å². The van der Waals surface area contributed by atoms with E-state index in [0.29, 0.717) is 13.0 Å². The van der Waals surface area contributed by atoms with Crippen molar-refractivity contribution in [2.24, 2.45) is 0 Å². The van der Waals surface area contributed by atoms with Crippen LogP contribution in [0.15, 0.2) is 18.2 Å². The number of β-amino-alcohol motifs (C(OH)–C–C–N with tert-alkyl or cyclic N) is 1. The van der Waals surface area contributed by atoms with Crippen LogP contribution in [0.1, 0.15) is 11.1 Å². The third-order valence-electron chi connectivity index (χ3n) is 3.92. The van der Waals surface area contributed by atoms with Crippen molar-refractivity contribution in [1.29, 1.82) is 0 Å². The Bertz CT molecular complexity index is 482. The van der Waals surface area contributed by atoms with Crippen LogP contribution in [-0.2, 0) is 11.2 Å². The van der Waals surface area contributed by atoms with Gasteiger partial charge in [-0.2, -0.15) is 0 Å². The smallest absolute Gasteiger partial charge is 0.227 e. The molecular formula is C16H24N2O3. The van der Waals surface area contributed by atoms with Gasteiger partial charge in [-0.25, -0.2) is 0 Å². The summed E-state index contributed by atoms with van der Waals surface area (Å²) in [4.78, 5) is 16.5. The molecule has 5 nitrogen and oxygen atoms in total. The second kappa shape index (κ2) is 7.43. The summed E-state index contributed by atoms with van der Waals surface area (Å²) in [5.74, 6) is 0.912. The molecule has 21 heavy (non-hydrogen) atoms. The van der Waals surface area contributed by atoms with Crippen LogP contribution in [0.25, 0.3) is 0 Å². The molecule has 1 aliphatic rings. The lowest BCUT2D eigenvalue weighted by Crippen LogP contribution is -2.49. The average molecular weight is 292 g/mol. The number of aliphatic hydroxyl groups is 1. The highest BCUT2D eigenvalue weighted by molar-refractivity contribution is 5.79. The molecule has 0 saturated carbocycles. The van der Waals surface area contributed by atoms with Gasteiger partial charge in [0.2, 0.25) is 5.91 Å². The molecule has 0 bridgehead atoms. The van der Waals surface area contributed by atoms with E-state index in [1.165, 1.54) is 0 Å². The molecule has 1 saturated heterocycles. The number of amides is 1. The first-order valence-electron chi connectivity index (χ1n) is 7.38.